The van der Waals surface area contributed by atoms with Crippen molar-refractivity contribution in [3.8, 4) is 0 Å². The quantitative estimate of drug-likeness (QED) is 0.485. The van der Waals surface area contributed by atoms with Gasteiger partial charge in [0.1, 0.15) is 7.05 Å². The van der Waals surface area contributed by atoms with E-state index in [2.05, 4.69) is 92.1 Å². The average molecular weight is 316 g/mol. The first-order chi connectivity index (χ1) is 9.97. The number of halogens is 1. The van der Waals surface area contributed by atoms with Crippen LogP contribution in [0.15, 0.2) is 42.5 Å². The first-order valence-electron chi connectivity index (χ1n) is 7.18. The van der Waals surface area contributed by atoms with E-state index in [9.17, 15) is 0 Å². The molecule has 0 aliphatic heterocycles. The number of hydrogen-bond donors (Lipinski definition) is 0. The fourth-order valence-corrected chi connectivity index (χ4v) is 2.74. The van der Waals surface area contributed by atoms with Gasteiger partial charge in [-0.05, 0) is 30.3 Å². The van der Waals surface area contributed by atoms with Gasteiger partial charge in [-0.3, -0.25) is 0 Å². The Kier molecular flexibility index (Phi) is 4.47. The van der Waals surface area contributed by atoms with Crippen LogP contribution in [0.2, 0.25) is 0 Å². The molecule has 0 N–H and O–H groups in total. The Balaban J connectivity index is 0.00000176. The Hall–Kier alpha value is -2.00. The SMILES string of the molecule is CN(C)c1ccc2cc3ccc(N(C)C)cc3[n+](C)c2c1.[Cl-]. The molecule has 0 unspecified atom stereocenters. The number of aromatic nitrogens is 1. The van der Waals surface area contributed by atoms with Gasteiger partial charge < -0.3 is 22.2 Å². The minimum Gasteiger partial charge on any atom is -1.00 e. The van der Waals surface area contributed by atoms with Crippen LogP contribution < -0.4 is 26.8 Å². The summed E-state index contributed by atoms with van der Waals surface area (Å²) in [5.74, 6) is 0. The van der Waals surface area contributed by atoms with Crippen molar-refractivity contribution in [2.75, 3.05) is 38.0 Å². The summed E-state index contributed by atoms with van der Waals surface area (Å²) in [6.07, 6.45) is 0. The van der Waals surface area contributed by atoms with E-state index in [1.54, 1.807) is 0 Å². The normalized spacial score (nSPS) is 10.6. The fraction of sp³-hybridized carbons (Fsp3) is 0.278. The molecule has 2 aromatic carbocycles. The van der Waals surface area contributed by atoms with Gasteiger partial charge in [-0.1, -0.05) is 0 Å². The van der Waals surface area contributed by atoms with Crippen molar-refractivity contribution in [1.29, 1.82) is 0 Å². The summed E-state index contributed by atoms with van der Waals surface area (Å²) in [6.45, 7) is 0. The molecule has 22 heavy (non-hydrogen) atoms. The van der Waals surface area contributed by atoms with E-state index in [1.807, 2.05) is 0 Å². The van der Waals surface area contributed by atoms with Gasteiger partial charge >= 0.3 is 0 Å². The molecular formula is C18H22ClN3. The molecule has 3 aromatic rings. The van der Waals surface area contributed by atoms with Crippen LogP contribution in [-0.4, -0.2) is 28.2 Å². The topological polar surface area (TPSA) is 10.4 Å². The van der Waals surface area contributed by atoms with E-state index in [0.29, 0.717) is 0 Å². The molecule has 0 aliphatic rings. The molecule has 0 amide bonds. The van der Waals surface area contributed by atoms with Gasteiger partial charge in [0.2, 0.25) is 11.0 Å². The smallest absolute Gasteiger partial charge is 0.214 e. The highest BCUT2D eigenvalue weighted by Gasteiger charge is 2.13. The summed E-state index contributed by atoms with van der Waals surface area (Å²) in [6, 6.07) is 15.5. The predicted molar refractivity (Wildman–Crippen MR) is 91.3 cm³/mol. The van der Waals surface area contributed by atoms with Crippen molar-refractivity contribution in [2.45, 2.75) is 0 Å². The molecule has 3 rings (SSSR count). The Bertz CT molecular complexity index is 759. The number of fused-ring (bicyclic) bond motifs is 2. The summed E-state index contributed by atoms with van der Waals surface area (Å²) in [7, 11) is 10.4. The van der Waals surface area contributed by atoms with Gasteiger partial charge in [0.15, 0.2) is 0 Å². The van der Waals surface area contributed by atoms with Crippen molar-refractivity contribution in [3.05, 3.63) is 42.5 Å². The number of aryl methyl sites for hydroxylation is 1. The number of rotatable bonds is 2. The molecule has 0 atom stereocenters. The van der Waals surface area contributed by atoms with Crippen molar-refractivity contribution in [1.82, 2.24) is 0 Å². The lowest BCUT2D eigenvalue weighted by Gasteiger charge is -2.14. The summed E-state index contributed by atoms with van der Waals surface area (Å²) in [5, 5.41) is 2.54. The second kappa shape index (κ2) is 6.01. The van der Waals surface area contributed by atoms with E-state index < -0.39 is 0 Å². The summed E-state index contributed by atoms with van der Waals surface area (Å²) in [5.41, 5.74) is 4.96. The molecule has 1 heterocycles. The standard InChI is InChI=1S/C18H22N3.ClH/c1-19(2)15-8-6-13-10-14-7-9-16(20(3)4)12-18(14)21(5)17(13)11-15;/h6-12H,1-5H3;1H/q+1;/p-1. The molecule has 0 saturated heterocycles. The molecule has 0 aliphatic carbocycles. The number of nitrogens with zero attached hydrogens (tertiary/aromatic N) is 3. The first-order valence-corrected chi connectivity index (χ1v) is 7.18. The highest BCUT2D eigenvalue weighted by atomic mass is 35.5. The van der Waals surface area contributed by atoms with Gasteiger partial charge in [0.05, 0.1) is 0 Å². The van der Waals surface area contributed by atoms with Crippen LogP contribution in [0, 0.1) is 0 Å². The van der Waals surface area contributed by atoms with Crippen LogP contribution in [0.3, 0.4) is 0 Å². The van der Waals surface area contributed by atoms with Crippen molar-refractivity contribution < 1.29 is 17.0 Å². The molecule has 116 valence electrons. The summed E-state index contributed by atoms with van der Waals surface area (Å²) >= 11 is 0. The van der Waals surface area contributed by atoms with Crippen LogP contribution >= 0.6 is 0 Å². The number of anilines is 2. The Morgan fingerprint density at radius 1 is 0.682 bits per heavy atom. The van der Waals surface area contributed by atoms with E-state index in [0.717, 1.165) is 0 Å². The van der Waals surface area contributed by atoms with Crippen LogP contribution in [-0.2, 0) is 7.05 Å². The Morgan fingerprint density at radius 3 is 1.45 bits per heavy atom. The molecule has 4 heteroatoms. The first kappa shape index (κ1) is 16.4. The van der Waals surface area contributed by atoms with Crippen LogP contribution in [0.1, 0.15) is 0 Å². The maximum atomic E-state index is 2.28. The zero-order chi connectivity index (χ0) is 15.1. The van der Waals surface area contributed by atoms with Gasteiger partial charge in [-0.2, -0.15) is 4.57 Å². The van der Waals surface area contributed by atoms with E-state index in [1.165, 1.54) is 33.2 Å². The maximum absolute atomic E-state index is 2.28. The zero-order valence-corrected chi connectivity index (χ0v) is 14.5. The number of benzene rings is 2. The van der Waals surface area contributed by atoms with Gasteiger partial charge in [-0.15, -0.1) is 0 Å². The minimum absolute atomic E-state index is 0. The summed E-state index contributed by atoms with van der Waals surface area (Å²) < 4.78 is 2.28. The lowest BCUT2D eigenvalue weighted by atomic mass is 10.1. The largest absolute Gasteiger partial charge is 1.00 e. The van der Waals surface area contributed by atoms with Crippen LogP contribution in [0.5, 0.6) is 0 Å². The summed E-state index contributed by atoms with van der Waals surface area (Å²) in [4.78, 5) is 4.28. The lowest BCUT2D eigenvalue weighted by molar-refractivity contribution is -0.617. The minimum atomic E-state index is 0. The highest BCUT2D eigenvalue weighted by molar-refractivity contribution is 5.91. The molecule has 0 fully saturated rings. The Morgan fingerprint density at radius 2 is 1.09 bits per heavy atom. The predicted octanol–water partition coefficient (Wildman–Crippen LogP) is -0.0465. The van der Waals surface area contributed by atoms with E-state index >= 15 is 0 Å². The third-order valence-electron chi connectivity index (χ3n) is 4.09. The van der Waals surface area contributed by atoms with Crippen molar-refractivity contribution >= 4 is 33.2 Å². The molecule has 0 bridgehead atoms. The third-order valence-corrected chi connectivity index (χ3v) is 4.09. The molecule has 0 saturated carbocycles. The molecule has 1 aromatic heterocycles. The average Bonchev–Trinajstić information content (AvgIpc) is 2.46. The molecule has 3 nitrogen and oxygen atoms in total. The Labute approximate surface area is 138 Å². The number of hydrogen-bond acceptors (Lipinski definition) is 2. The van der Waals surface area contributed by atoms with Gasteiger partial charge in [0, 0.05) is 62.5 Å². The van der Waals surface area contributed by atoms with Gasteiger partial charge in [0.25, 0.3) is 0 Å². The molecular weight excluding hydrogens is 294 g/mol. The fourth-order valence-electron chi connectivity index (χ4n) is 2.74. The third kappa shape index (κ3) is 2.69. The zero-order valence-electron chi connectivity index (χ0n) is 13.8. The van der Waals surface area contributed by atoms with Crippen LogP contribution in [0.4, 0.5) is 11.4 Å². The number of pyridine rings is 1. The monoisotopic (exact) mass is 315 g/mol. The van der Waals surface area contributed by atoms with Crippen LogP contribution in [0.25, 0.3) is 21.8 Å². The second-order valence-corrected chi connectivity index (χ2v) is 5.98. The van der Waals surface area contributed by atoms with Crippen molar-refractivity contribution in [2.24, 2.45) is 7.05 Å². The molecule has 0 spiro atoms. The maximum Gasteiger partial charge on any atom is 0.214 e. The highest BCUT2D eigenvalue weighted by Crippen LogP contribution is 2.24. The lowest BCUT2D eigenvalue weighted by Crippen LogP contribution is -3.00. The van der Waals surface area contributed by atoms with E-state index in [4.69, 9.17) is 0 Å². The molecule has 0 radical (unpaired) electrons. The van der Waals surface area contributed by atoms with E-state index in [-0.39, 0.29) is 12.4 Å². The van der Waals surface area contributed by atoms with Gasteiger partial charge in [-0.25, -0.2) is 0 Å². The second-order valence-electron chi connectivity index (χ2n) is 5.98. The van der Waals surface area contributed by atoms with Crippen molar-refractivity contribution in [3.63, 3.8) is 0 Å².